The lowest BCUT2D eigenvalue weighted by Gasteiger charge is -2.26. The Morgan fingerprint density at radius 2 is 2.05 bits per heavy atom. The molecule has 2 aromatic rings. The van der Waals surface area contributed by atoms with Crippen molar-refractivity contribution in [3.63, 3.8) is 0 Å². The maximum atomic E-state index is 13.5. The fraction of sp³-hybridized carbons (Fsp3) is 0.458. The minimum atomic E-state index is -0.879. The van der Waals surface area contributed by atoms with E-state index in [2.05, 4.69) is 30.8 Å². The van der Waals surface area contributed by atoms with Crippen molar-refractivity contribution < 1.29 is 23.5 Å². The van der Waals surface area contributed by atoms with E-state index in [9.17, 15) is 19.2 Å². The highest BCUT2D eigenvalue weighted by Gasteiger charge is 2.21. The number of carbonyl (C=O) groups excluding carboxylic acids is 2. The zero-order valence-electron chi connectivity index (χ0n) is 20.8. The van der Waals surface area contributed by atoms with Gasteiger partial charge in [0.05, 0.1) is 19.8 Å². The second kappa shape index (κ2) is 13.3. The summed E-state index contributed by atoms with van der Waals surface area (Å²) in [6.45, 7) is 6.77. The van der Waals surface area contributed by atoms with Gasteiger partial charge in [0.1, 0.15) is 18.8 Å². The number of hydrogen-bond donors (Lipinski definition) is 4. The van der Waals surface area contributed by atoms with Crippen LogP contribution in [0, 0.1) is 11.3 Å². The van der Waals surface area contributed by atoms with Gasteiger partial charge in [-0.05, 0) is 37.6 Å². The van der Waals surface area contributed by atoms with Gasteiger partial charge in [-0.3, -0.25) is 14.5 Å². The number of anilines is 3. The number of benzene rings is 1. The minimum absolute atomic E-state index is 0.00571. The summed E-state index contributed by atoms with van der Waals surface area (Å²) >= 11 is 0. The van der Waals surface area contributed by atoms with Gasteiger partial charge in [0.25, 0.3) is 5.91 Å². The molecule has 1 fully saturated rings. The standard InChI is InChI=1S/C24H31FN8O4/c1-3-37-23-19(14-26)20(31-24(27)32-23)29-15(2)21(34)30-18-11-16(13-25)10-17(12-18)22(35)28-4-5-33-6-8-36-9-7-33/h10-12,15H,3-9,13H2,1-2H3,(H,28,35)(H,30,34)(H3,27,29,31,32)/t15-/m0/s1. The van der Waals surface area contributed by atoms with E-state index in [4.69, 9.17) is 15.2 Å². The second-order valence-electron chi connectivity index (χ2n) is 8.27. The van der Waals surface area contributed by atoms with Gasteiger partial charge >= 0.3 is 0 Å². The van der Waals surface area contributed by atoms with Gasteiger partial charge in [0, 0.05) is 37.4 Å². The van der Waals surface area contributed by atoms with E-state index >= 15 is 0 Å². The van der Waals surface area contributed by atoms with Crippen molar-refractivity contribution in [3.8, 4) is 11.9 Å². The maximum absolute atomic E-state index is 13.5. The van der Waals surface area contributed by atoms with Crippen LogP contribution >= 0.6 is 0 Å². The summed E-state index contributed by atoms with van der Waals surface area (Å²) < 4.78 is 24.2. The van der Waals surface area contributed by atoms with Crippen LogP contribution < -0.4 is 26.4 Å². The number of amides is 2. The second-order valence-corrected chi connectivity index (χ2v) is 8.27. The Labute approximate surface area is 214 Å². The highest BCUT2D eigenvalue weighted by Crippen LogP contribution is 2.24. The first kappa shape index (κ1) is 27.6. The zero-order chi connectivity index (χ0) is 26.8. The number of nitrogens with one attached hydrogen (secondary N) is 3. The van der Waals surface area contributed by atoms with Crippen LogP contribution in [0.4, 0.5) is 21.8 Å². The molecule has 2 heterocycles. The molecule has 1 aliphatic heterocycles. The topological polar surface area (TPSA) is 168 Å². The van der Waals surface area contributed by atoms with Crippen LogP contribution in [0.15, 0.2) is 18.2 Å². The van der Waals surface area contributed by atoms with Gasteiger partial charge in [0.2, 0.25) is 17.7 Å². The van der Waals surface area contributed by atoms with Gasteiger partial charge in [0.15, 0.2) is 11.4 Å². The van der Waals surface area contributed by atoms with Gasteiger partial charge in [-0.15, -0.1) is 0 Å². The maximum Gasteiger partial charge on any atom is 0.251 e. The number of nitrogens with zero attached hydrogens (tertiary/aromatic N) is 4. The molecule has 1 aliphatic rings. The number of alkyl halides is 1. The van der Waals surface area contributed by atoms with E-state index in [1.807, 2.05) is 6.07 Å². The Morgan fingerprint density at radius 3 is 2.73 bits per heavy atom. The lowest BCUT2D eigenvalue weighted by atomic mass is 10.1. The number of ether oxygens (including phenoxy) is 2. The average molecular weight is 515 g/mol. The number of hydrogen-bond acceptors (Lipinski definition) is 10. The first-order valence-electron chi connectivity index (χ1n) is 11.9. The molecule has 0 radical (unpaired) electrons. The Morgan fingerprint density at radius 1 is 1.30 bits per heavy atom. The summed E-state index contributed by atoms with van der Waals surface area (Å²) in [6, 6.07) is 5.44. The van der Waals surface area contributed by atoms with Crippen LogP contribution in [0.3, 0.4) is 0 Å². The molecule has 198 valence electrons. The van der Waals surface area contributed by atoms with Crippen molar-refractivity contribution in [1.29, 1.82) is 5.26 Å². The molecule has 13 heteroatoms. The van der Waals surface area contributed by atoms with Gasteiger partial charge in [-0.2, -0.15) is 15.2 Å². The largest absolute Gasteiger partial charge is 0.477 e. The van der Waals surface area contributed by atoms with E-state index in [0.29, 0.717) is 26.3 Å². The molecule has 0 bridgehead atoms. The monoisotopic (exact) mass is 514 g/mol. The van der Waals surface area contributed by atoms with Crippen LogP contribution in [0.2, 0.25) is 0 Å². The molecule has 1 aromatic heterocycles. The highest BCUT2D eigenvalue weighted by molar-refractivity contribution is 5.99. The van der Waals surface area contributed by atoms with Gasteiger partial charge in [-0.25, -0.2) is 4.39 Å². The summed E-state index contributed by atoms with van der Waals surface area (Å²) in [5, 5.41) is 17.8. The normalized spacial score (nSPS) is 14.3. The van der Waals surface area contributed by atoms with Crippen LogP contribution in [0.5, 0.6) is 5.88 Å². The summed E-state index contributed by atoms with van der Waals surface area (Å²) in [4.78, 5) is 35.6. The van der Waals surface area contributed by atoms with E-state index in [0.717, 1.165) is 13.1 Å². The van der Waals surface area contributed by atoms with E-state index in [1.54, 1.807) is 13.8 Å². The molecule has 12 nitrogen and oxygen atoms in total. The average Bonchev–Trinajstić information content (AvgIpc) is 2.89. The van der Waals surface area contributed by atoms with E-state index in [-0.39, 0.29) is 52.5 Å². The summed E-state index contributed by atoms with van der Waals surface area (Å²) in [7, 11) is 0. The van der Waals surface area contributed by atoms with Crippen molar-refractivity contribution in [2.75, 3.05) is 62.4 Å². The summed E-state index contributed by atoms with van der Waals surface area (Å²) in [6.07, 6.45) is 0. The van der Waals surface area contributed by atoms with E-state index in [1.165, 1.54) is 18.2 Å². The first-order valence-corrected chi connectivity index (χ1v) is 11.9. The van der Waals surface area contributed by atoms with Crippen molar-refractivity contribution >= 4 is 29.3 Å². The van der Waals surface area contributed by atoms with Crippen molar-refractivity contribution in [1.82, 2.24) is 20.2 Å². The van der Waals surface area contributed by atoms with Crippen molar-refractivity contribution in [2.24, 2.45) is 0 Å². The fourth-order valence-corrected chi connectivity index (χ4v) is 3.65. The van der Waals surface area contributed by atoms with Gasteiger partial charge in [-0.1, -0.05) is 0 Å². The Hall–Kier alpha value is -4.02. The quantitative estimate of drug-likeness (QED) is 0.343. The number of rotatable bonds is 11. The molecule has 0 saturated carbocycles. The molecule has 37 heavy (non-hydrogen) atoms. The summed E-state index contributed by atoms with van der Waals surface area (Å²) in [5.41, 5.74) is 6.44. The SMILES string of the molecule is CCOc1nc(N)nc(N[C@@H](C)C(=O)Nc2cc(CF)cc(C(=O)NCCN3CCOCC3)c2)c1C#N. The van der Waals surface area contributed by atoms with Crippen LogP contribution in [0.25, 0.3) is 0 Å². The van der Waals surface area contributed by atoms with Crippen molar-refractivity contribution in [3.05, 3.63) is 34.9 Å². The number of nitrogen functional groups attached to an aromatic ring is 1. The fourth-order valence-electron chi connectivity index (χ4n) is 3.65. The molecule has 2 amide bonds. The number of halogens is 1. The number of morpholine rings is 1. The predicted molar refractivity (Wildman–Crippen MR) is 135 cm³/mol. The van der Waals surface area contributed by atoms with Crippen LogP contribution in [-0.4, -0.2) is 78.7 Å². The van der Waals surface area contributed by atoms with E-state index < -0.39 is 18.6 Å². The molecular weight excluding hydrogens is 483 g/mol. The molecule has 1 atom stereocenters. The van der Waals surface area contributed by atoms with Gasteiger partial charge < -0.3 is 31.2 Å². The molecular formula is C24H31FN8O4. The molecule has 0 unspecified atom stereocenters. The Bertz CT molecular complexity index is 1150. The molecule has 5 N–H and O–H groups in total. The molecule has 3 rings (SSSR count). The number of nitriles is 1. The van der Waals surface area contributed by atoms with Crippen molar-refractivity contribution in [2.45, 2.75) is 26.6 Å². The number of aromatic nitrogens is 2. The Balaban J connectivity index is 1.66. The third kappa shape index (κ3) is 7.73. The zero-order valence-corrected chi connectivity index (χ0v) is 20.8. The Kier molecular flexibility index (Phi) is 9.93. The molecule has 1 aromatic carbocycles. The smallest absolute Gasteiger partial charge is 0.251 e. The third-order valence-electron chi connectivity index (χ3n) is 5.53. The molecule has 0 spiro atoms. The van der Waals surface area contributed by atoms with Crippen LogP contribution in [0.1, 0.15) is 35.3 Å². The first-order chi connectivity index (χ1) is 17.8. The molecule has 1 saturated heterocycles. The summed E-state index contributed by atoms with van der Waals surface area (Å²) in [5.74, 6) is -0.957. The highest BCUT2D eigenvalue weighted by atomic mass is 19.1. The third-order valence-corrected chi connectivity index (χ3v) is 5.53. The number of carbonyl (C=O) groups is 2. The molecule has 0 aliphatic carbocycles. The van der Waals surface area contributed by atoms with Crippen LogP contribution in [-0.2, 0) is 16.2 Å². The predicted octanol–water partition coefficient (Wildman–Crippen LogP) is 1.30. The lowest BCUT2D eigenvalue weighted by Crippen LogP contribution is -2.41. The minimum Gasteiger partial charge on any atom is -0.477 e. The lowest BCUT2D eigenvalue weighted by molar-refractivity contribution is -0.116. The number of nitrogens with two attached hydrogens (primary N) is 1.